The van der Waals surface area contributed by atoms with Crippen LogP contribution in [0.4, 0.5) is 0 Å². The van der Waals surface area contributed by atoms with E-state index in [1.54, 1.807) is 5.57 Å². The average molecular weight is 278 g/mol. The van der Waals surface area contributed by atoms with Gasteiger partial charge < -0.3 is 5.73 Å². The van der Waals surface area contributed by atoms with Crippen LogP contribution in [0.25, 0.3) is 0 Å². The molecule has 0 aromatic carbocycles. The molecule has 0 bridgehead atoms. The molecule has 2 nitrogen and oxygen atoms in total. The Labute approximate surface area is 121 Å². The highest BCUT2D eigenvalue weighted by Crippen LogP contribution is 2.33. The molecule has 0 amide bonds. The van der Waals surface area contributed by atoms with Crippen molar-refractivity contribution in [1.82, 2.24) is 4.90 Å². The molecule has 1 aliphatic rings. The van der Waals surface area contributed by atoms with Crippen LogP contribution >= 0.6 is 11.3 Å². The largest absolute Gasteiger partial charge is 0.329 e. The molecular weight excluding hydrogens is 252 g/mol. The van der Waals surface area contributed by atoms with Gasteiger partial charge in [0.15, 0.2) is 0 Å². The second-order valence-corrected chi connectivity index (χ2v) is 7.74. The number of thiophene rings is 1. The van der Waals surface area contributed by atoms with E-state index in [0.29, 0.717) is 18.0 Å². The monoisotopic (exact) mass is 278 g/mol. The summed E-state index contributed by atoms with van der Waals surface area (Å²) in [6.45, 7) is 11.9. The number of hydrogen-bond donors (Lipinski definition) is 1. The zero-order valence-corrected chi connectivity index (χ0v) is 13.4. The molecule has 2 N–H and O–H groups in total. The molecule has 1 aromatic rings. The van der Waals surface area contributed by atoms with Gasteiger partial charge in [-0.05, 0) is 30.9 Å². The van der Waals surface area contributed by atoms with Gasteiger partial charge in [-0.2, -0.15) is 0 Å². The number of rotatable bonds is 3. The lowest BCUT2D eigenvalue weighted by Crippen LogP contribution is -2.37. The maximum atomic E-state index is 6.01. The van der Waals surface area contributed by atoms with Gasteiger partial charge in [-0.15, -0.1) is 11.3 Å². The molecule has 1 unspecified atom stereocenters. The van der Waals surface area contributed by atoms with Crippen molar-refractivity contribution in [3.63, 3.8) is 0 Å². The van der Waals surface area contributed by atoms with Crippen molar-refractivity contribution >= 4 is 11.3 Å². The highest BCUT2D eigenvalue weighted by Gasteiger charge is 2.26. The lowest BCUT2D eigenvalue weighted by atomic mass is 9.82. The summed E-state index contributed by atoms with van der Waals surface area (Å²) in [5, 5.41) is 0. The summed E-state index contributed by atoms with van der Waals surface area (Å²) in [6, 6.07) is 4.82. The second-order valence-electron chi connectivity index (χ2n) is 6.42. The Balaban J connectivity index is 2.09. The fourth-order valence-corrected chi connectivity index (χ4v) is 3.75. The predicted molar refractivity (Wildman–Crippen MR) is 84.6 cm³/mol. The van der Waals surface area contributed by atoms with Crippen molar-refractivity contribution in [2.75, 3.05) is 19.6 Å². The van der Waals surface area contributed by atoms with E-state index in [1.807, 2.05) is 11.3 Å². The van der Waals surface area contributed by atoms with Crippen molar-refractivity contribution in [2.24, 2.45) is 11.1 Å². The lowest BCUT2D eigenvalue weighted by molar-refractivity contribution is 0.212. The Morgan fingerprint density at radius 3 is 2.53 bits per heavy atom. The van der Waals surface area contributed by atoms with E-state index in [0.717, 1.165) is 13.1 Å². The molecule has 3 heteroatoms. The summed E-state index contributed by atoms with van der Waals surface area (Å²) < 4.78 is 0. The Hall–Kier alpha value is -0.640. The third-order valence-electron chi connectivity index (χ3n) is 3.96. The molecule has 0 saturated heterocycles. The van der Waals surface area contributed by atoms with Crippen LogP contribution in [0, 0.1) is 12.3 Å². The van der Waals surface area contributed by atoms with Crippen LogP contribution in [-0.2, 0) is 0 Å². The van der Waals surface area contributed by atoms with Gasteiger partial charge in [-0.25, -0.2) is 0 Å². The highest BCUT2D eigenvalue weighted by molar-refractivity contribution is 7.12. The molecule has 0 aliphatic carbocycles. The zero-order chi connectivity index (χ0) is 14.0. The van der Waals surface area contributed by atoms with Crippen LogP contribution in [0.15, 0.2) is 23.8 Å². The molecule has 0 fully saturated rings. The van der Waals surface area contributed by atoms with Crippen molar-refractivity contribution in [2.45, 2.75) is 40.2 Å². The van der Waals surface area contributed by atoms with E-state index in [9.17, 15) is 0 Å². The normalized spacial score (nSPS) is 19.3. The first-order valence-corrected chi connectivity index (χ1v) is 7.93. The lowest BCUT2D eigenvalue weighted by Gasteiger charge is -2.36. The fourth-order valence-electron chi connectivity index (χ4n) is 2.73. The molecule has 0 saturated carbocycles. The van der Waals surface area contributed by atoms with E-state index in [4.69, 9.17) is 5.73 Å². The summed E-state index contributed by atoms with van der Waals surface area (Å²) in [7, 11) is 0. The van der Waals surface area contributed by atoms with Crippen molar-refractivity contribution < 1.29 is 0 Å². The number of nitrogens with two attached hydrogens (primary N) is 1. The molecule has 1 atom stereocenters. The Kier molecular flexibility index (Phi) is 4.49. The molecule has 106 valence electrons. The molecule has 2 heterocycles. The van der Waals surface area contributed by atoms with Gasteiger partial charge in [0.1, 0.15) is 0 Å². The fraction of sp³-hybridized carbons (Fsp3) is 0.625. The summed E-state index contributed by atoms with van der Waals surface area (Å²) in [6.07, 6.45) is 3.58. The van der Waals surface area contributed by atoms with Crippen LogP contribution in [-0.4, -0.2) is 24.5 Å². The van der Waals surface area contributed by atoms with Gasteiger partial charge in [0, 0.05) is 29.4 Å². The van der Waals surface area contributed by atoms with E-state index < -0.39 is 0 Å². The maximum Gasteiger partial charge on any atom is 0.0567 e. The molecule has 2 rings (SSSR count). The number of nitrogens with zero attached hydrogens (tertiary/aromatic N) is 1. The van der Waals surface area contributed by atoms with Crippen LogP contribution in [0.1, 0.15) is 43.0 Å². The van der Waals surface area contributed by atoms with Crippen molar-refractivity contribution in [3.8, 4) is 0 Å². The molecule has 0 spiro atoms. The molecule has 0 radical (unpaired) electrons. The van der Waals surface area contributed by atoms with Crippen LogP contribution < -0.4 is 5.73 Å². The quantitative estimate of drug-likeness (QED) is 0.854. The average Bonchev–Trinajstić information content (AvgIpc) is 2.76. The Morgan fingerprint density at radius 2 is 2.11 bits per heavy atom. The first-order valence-electron chi connectivity index (χ1n) is 7.12. The van der Waals surface area contributed by atoms with E-state index >= 15 is 0 Å². The molecule has 1 aliphatic heterocycles. The summed E-state index contributed by atoms with van der Waals surface area (Å²) >= 11 is 1.88. The van der Waals surface area contributed by atoms with Gasteiger partial charge in [0.25, 0.3) is 0 Å². The summed E-state index contributed by atoms with van der Waals surface area (Å²) in [5.41, 5.74) is 7.90. The van der Waals surface area contributed by atoms with Gasteiger partial charge in [-0.3, -0.25) is 4.90 Å². The van der Waals surface area contributed by atoms with Gasteiger partial charge >= 0.3 is 0 Å². The van der Waals surface area contributed by atoms with Gasteiger partial charge in [0.2, 0.25) is 0 Å². The smallest absolute Gasteiger partial charge is 0.0567 e. The molecule has 19 heavy (non-hydrogen) atoms. The predicted octanol–water partition coefficient (Wildman–Crippen LogP) is 3.73. The number of aryl methyl sites for hydroxylation is 1. The van der Waals surface area contributed by atoms with Crippen LogP contribution in [0.2, 0.25) is 0 Å². The Morgan fingerprint density at radius 1 is 1.37 bits per heavy atom. The van der Waals surface area contributed by atoms with E-state index in [2.05, 4.69) is 50.8 Å². The first kappa shape index (κ1) is 14.8. The molecule has 1 aromatic heterocycles. The highest BCUT2D eigenvalue weighted by atomic mass is 32.1. The third-order valence-corrected chi connectivity index (χ3v) is 5.06. The minimum atomic E-state index is 0.309. The maximum absolute atomic E-state index is 6.01. The molecular formula is C16H26N2S. The first-order chi connectivity index (χ1) is 8.91. The van der Waals surface area contributed by atoms with Crippen molar-refractivity contribution in [1.29, 1.82) is 0 Å². The van der Waals surface area contributed by atoms with E-state index in [1.165, 1.54) is 16.2 Å². The standard InChI is InChI=1S/C16H26N2S/c1-12-5-6-15(19-12)14(11-17)18-9-7-13(8-10-18)16(2,3)4/h5-7,14H,8-11,17H2,1-4H3. The van der Waals surface area contributed by atoms with Crippen LogP contribution in [0.3, 0.4) is 0 Å². The van der Waals surface area contributed by atoms with Gasteiger partial charge in [-0.1, -0.05) is 32.4 Å². The van der Waals surface area contributed by atoms with Crippen LogP contribution in [0.5, 0.6) is 0 Å². The van der Waals surface area contributed by atoms with Crippen molar-refractivity contribution in [3.05, 3.63) is 33.5 Å². The minimum absolute atomic E-state index is 0.309. The number of hydrogen-bond acceptors (Lipinski definition) is 3. The van der Waals surface area contributed by atoms with Gasteiger partial charge in [0.05, 0.1) is 6.04 Å². The minimum Gasteiger partial charge on any atom is -0.329 e. The second kappa shape index (κ2) is 5.78. The summed E-state index contributed by atoms with van der Waals surface area (Å²) in [5.74, 6) is 0. The third kappa shape index (κ3) is 3.47. The summed E-state index contributed by atoms with van der Waals surface area (Å²) in [4.78, 5) is 5.30. The topological polar surface area (TPSA) is 29.3 Å². The van der Waals surface area contributed by atoms with E-state index in [-0.39, 0.29) is 0 Å². The Bertz CT molecular complexity index is 454. The zero-order valence-electron chi connectivity index (χ0n) is 12.6. The SMILES string of the molecule is Cc1ccc(C(CN)N2CC=C(C(C)(C)C)CC2)s1.